The van der Waals surface area contributed by atoms with Crippen LogP contribution in [0.4, 0.5) is 0 Å². The summed E-state index contributed by atoms with van der Waals surface area (Å²) >= 11 is 6.32. The number of fused-ring (bicyclic) bond motifs is 1. The number of ether oxygens (including phenoxy) is 2. The quantitative estimate of drug-likeness (QED) is 0.506. The fourth-order valence-electron chi connectivity index (χ4n) is 2.70. The minimum atomic E-state index is 0.425. The Balaban J connectivity index is 1.63. The van der Waals surface area contributed by atoms with Crippen LogP contribution >= 0.6 is 11.6 Å². The van der Waals surface area contributed by atoms with Crippen LogP contribution in [-0.2, 0) is 6.54 Å². The van der Waals surface area contributed by atoms with E-state index in [0.717, 1.165) is 36.5 Å². The van der Waals surface area contributed by atoms with Gasteiger partial charge in [0, 0.05) is 26.1 Å². The van der Waals surface area contributed by atoms with Crippen molar-refractivity contribution < 1.29 is 9.47 Å². The average molecular weight is 336 g/mol. The maximum absolute atomic E-state index is 6.32. The second-order valence-corrected chi connectivity index (χ2v) is 6.07. The molecule has 1 aromatic rings. The molecule has 0 unspecified atom stereocenters. The zero-order chi connectivity index (χ0) is 16.1. The summed E-state index contributed by atoms with van der Waals surface area (Å²) in [7, 11) is 1.78. The molecular formula is C17H22ClN3O2. The zero-order valence-electron chi connectivity index (χ0n) is 13.3. The van der Waals surface area contributed by atoms with Crippen LogP contribution in [0.3, 0.4) is 0 Å². The highest BCUT2D eigenvalue weighted by molar-refractivity contribution is 6.32. The molecule has 2 aliphatic rings. The maximum atomic E-state index is 6.32. The van der Waals surface area contributed by atoms with Crippen LogP contribution in [0.2, 0.25) is 5.02 Å². The Labute approximate surface area is 141 Å². The van der Waals surface area contributed by atoms with Crippen LogP contribution < -0.4 is 20.1 Å². The summed E-state index contributed by atoms with van der Waals surface area (Å²) in [6.07, 6.45) is 7.32. The number of hydrogen-bond acceptors (Lipinski definition) is 3. The summed E-state index contributed by atoms with van der Waals surface area (Å²) in [5.41, 5.74) is 1.03. The first-order chi connectivity index (χ1) is 11.3. The molecule has 0 aromatic heterocycles. The standard InChI is InChI=1S/C17H22ClN3O2/c1-19-17(21-13-5-2-3-6-13)20-11-12-9-14(18)16-15(10-12)22-7-4-8-23-16/h2-3,9-10,13H,4-8,11H2,1H3,(H2,19,20,21). The first kappa shape index (κ1) is 16.0. The van der Waals surface area contributed by atoms with Crippen LogP contribution in [0.15, 0.2) is 29.3 Å². The topological polar surface area (TPSA) is 54.9 Å². The lowest BCUT2D eigenvalue weighted by molar-refractivity contribution is 0.297. The third-order valence-corrected chi connectivity index (χ3v) is 4.17. The van der Waals surface area contributed by atoms with Gasteiger partial charge in [0.1, 0.15) is 0 Å². The van der Waals surface area contributed by atoms with E-state index in [1.807, 2.05) is 12.1 Å². The summed E-state index contributed by atoms with van der Waals surface area (Å²) < 4.78 is 11.4. The number of aliphatic imine (C=N–C) groups is 1. The first-order valence-electron chi connectivity index (χ1n) is 7.96. The van der Waals surface area contributed by atoms with E-state index in [1.54, 1.807) is 7.05 Å². The molecule has 0 radical (unpaired) electrons. The number of guanidine groups is 1. The van der Waals surface area contributed by atoms with Crippen LogP contribution in [0.25, 0.3) is 0 Å². The van der Waals surface area contributed by atoms with Crippen molar-refractivity contribution in [3.63, 3.8) is 0 Å². The van der Waals surface area contributed by atoms with E-state index in [1.165, 1.54) is 0 Å². The predicted octanol–water partition coefficient (Wildman–Crippen LogP) is 2.88. The van der Waals surface area contributed by atoms with Gasteiger partial charge in [0.05, 0.1) is 18.2 Å². The Morgan fingerprint density at radius 2 is 2.04 bits per heavy atom. The lowest BCUT2D eigenvalue weighted by Crippen LogP contribution is -2.42. The molecule has 0 spiro atoms. The number of halogens is 1. The van der Waals surface area contributed by atoms with E-state index >= 15 is 0 Å². The molecule has 0 atom stereocenters. The lowest BCUT2D eigenvalue weighted by Gasteiger charge is -2.17. The van der Waals surface area contributed by atoms with Gasteiger partial charge in [0.2, 0.25) is 0 Å². The molecule has 1 heterocycles. The van der Waals surface area contributed by atoms with Crippen molar-refractivity contribution in [2.75, 3.05) is 20.3 Å². The Bertz CT molecular complexity index is 608. The molecule has 5 nitrogen and oxygen atoms in total. The van der Waals surface area contributed by atoms with E-state index in [4.69, 9.17) is 21.1 Å². The van der Waals surface area contributed by atoms with Gasteiger partial charge in [0.15, 0.2) is 17.5 Å². The maximum Gasteiger partial charge on any atom is 0.191 e. The van der Waals surface area contributed by atoms with Crippen molar-refractivity contribution in [3.05, 3.63) is 34.9 Å². The van der Waals surface area contributed by atoms with Gasteiger partial charge < -0.3 is 20.1 Å². The largest absolute Gasteiger partial charge is 0.489 e. The SMILES string of the molecule is CN=C(NCc1cc(Cl)c2c(c1)OCCCO2)NC1CC=CC1. The minimum absolute atomic E-state index is 0.425. The Morgan fingerprint density at radius 3 is 2.83 bits per heavy atom. The minimum Gasteiger partial charge on any atom is -0.489 e. The summed E-state index contributed by atoms with van der Waals surface area (Å²) in [4.78, 5) is 4.27. The van der Waals surface area contributed by atoms with Gasteiger partial charge in [-0.05, 0) is 30.5 Å². The summed E-state index contributed by atoms with van der Waals surface area (Å²) in [5, 5.41) is 7.32. The number of rotatable bonds is 3. The molecule has 2 N–H and O–H groups in total. The van der Waals surface area contributed by atoms with Gasteiger partial charge in [-0.1, -0.05) is 23.8 Å². The van der Waals surface area contributed by atoms with Crippen molar-refractivity contribution >= 4 is 17.6 Å². The monoisotopic (exact) mass is 335 g/mol. The van der Waals surface area contributed by atoms with Gasteiger partial charge in [-0.3, -0.25) is 4.99 Å². The van der Waals surface area contributed by atoms with Crippen LogP contribution in [-0.4, -0.2) is 32.3 Å². The number of benzene rings is 1. The van der Waals surface area contributed by atoms with Crippen molar-refractivity contribution in [2.45, 2.75) is 31.8 Å². The smallest absolute Gasteiger partial charge is 0.191 e. The van der Waals surface area contributed by atoms with E-state index in [2.05, 4.69) is 27.8 Å². The molecule has 0 amide bonds. The fourth-order valence-corrected chi connectivity index (χ4v) is 2.98. The Kier molecular flexibility index (Phi) is 5.28. The van der Waals surface area contributed by atoms with Gasteiger partial charge in [-0.2, -0.15) is 0 Å². The van der Waals surface area contributed by atoms with Gasteiger partial charge in [-0.25, -0.2) is 0 Å². The lowest BCUT2D eigenvalue weighted by atomic mass is 10.2. The van der Waals surface area contributed by atoms with Crippen molar-refractivity contribution in [1.29, 1.82) is 0 Å². The summed E-state index contributed by atoms with van der Waals surface area (Å²) in [5.74, 6) is 2.16. The molecule has 6 heteroatoms. The normalized spacial score (nSPS) is 17.9. The predicted molar refractivity (Wildman–Crippen MR) is 92.6 cm³/mol. The van der Waals surface area contributed by atoms with E-state index in [-0.39, 0.29) is 0 Å². The second-order valence-electron chi connectivity index (χ2n) is 5.67. The van der Waals surface area contributed by atoms with Crippen molar-refractivity contribution in [1.82, 2.24) is 10.6 Å². The third-order valence-electron chi connectivity index (χ3n) is 3.89. The molecule has 124 valence electrons. The highest BCUT2D eigenvalue weighted by Crippen LogP contribution is 2.37. The van der Waals surface area contributed by atoms with E-state index in [0.29, 0.717) is 36.6 Å². The molecule has 23 heavy (non-hydrogen) atoms. The third kappa shape index (κ3) is 4.10. The highest BCUT2D eigenvalue weighted by Gasteiger charge is 2.16. The van der Waals surface area contributed by atoms with E-state index in [9.17, 15) is 0 Å². The molecule has 0 saturated heterocycles. The average Bonchev–Trinajstić information content (AvgIpc) is 2.94. The fraction of sp³-hybridized carbons (Fsp3) is 0.471. The molecular weight excluding hydrogens is 314 g/mol. The molecule has 1 aliphatic heterocycles. The van der Waals surface area contributed by atoms with Crippen LogP contribution in [0.5, 0.6) is 11.5 Å². The molecule has 0 fully saturated rings. The molecule has 0 bridgehead atoms. The molecule has 1 aromatic carbocycles. The Morgan fingerprint density at radius 1 is 1.26 bits per heavy atom. The van der Waals surface area contributed by atoms with Gasteiger partial charge in [0.25, 0.3) is 0 Å². The zero-order valence-corrected chi connectivity index (χ0v) is 14.0. The molecule has 3 rings (SSSR count). The first-order valence-corrected chi connectivity index (χ1v) is 8.34. The van der Waals surface area contributed by atoms with Gasteiger partial charge in [-0.15, -0.1) is 0 Å². The highest BCUT2D eigenvalue weighted by atomic mass is 35.5. The van der Waals surface area contributed by atoms with Crippen molar-refractivity contribution in [2.24, 2.45) is 4.99 Å². The number of nitrogens with zero attached hydrogens (tertiary/aromatic N) is 1. The Hall–Kier alpha value is -1.88. The molecule has 0 saturated carbocycles. The van der Waals surface area contributed by atoms with Gasteiger partial charge >= 0.3 is 0 Å². The molecule has 1 aliphatic carbocycles. The summed E-state index contributed by atoms with van der Waals surface area (Å²) in [6, 6.07) is 4.31. The van der Waals surface area contributed by atoms with Crippen LogP contribution in [0.1, 0.15) is 24.8 Å². The van der Waals surface area contributed by atoms with Crippen LogP contribution in [0, 0.1) is 0 Å². The van der Waals surface area contributed by atoms with E-state index < -0.39 is 0 Å². The van der Waals surface area contributed by atoms with Crippen molar-refractivity contribution in [3.8, 4) is 11.5 Å². The number of hydrogen-bond donors (Lipinski definition) is 2. The second kappa shape index (κ2) is 7.59. The number of nitrogens with one attached hydrogen (secondary N) is 2. The summed E-state index contributed by atoms with van der Waals surface area (Å²) in [6.45, 7) is 1.91.